The van der Waals surface area contributed by atoms with E-state index in [9.17, 15) is 14.4 Å². The molecule has 2 aromatic carbocycles. The fourth-order valence-corrected chi connectivity index (χ4v) is 2.52. The third-order valence-electron chi connectivity index (χ3n) is 4.23. The maximum absolute atomic E-state index is 12.6. The Hall–Kier alpha value is -2.49. The first-order valence-electron chi connectivity index (χ1n) is 7.45. The van der Waals surface area contributed by atoms with E-state index < -0.39 is 11.4 Å². The minimum atomic E-state index is -1.05. The average molecular weight is 312 g/mol. The van der Waals surface area contributed by atoms with Gasteiger partial charge in [0.25, 0.3) is 0 Å². The Balaban J connectivity index is 2.26. The number of benzene rings is 2. The van der Waals surface area contributed by atoms with Gasteiger partial charge in [0.2, 0.25) is 0 Å². The summed E-state index contributed by atoms with van der Waals surface area (Å²) in [4.78, 5) is 36.0. The molecule has 0 heterocycles. The van der Waals surface area contributed by atoms with Crippen molar-refractivity contribution in [1.82, 2.24) is 0 Å². The lowest BCUT2D eigenvalue weighted by Gasteiger charge is -2.24. The smallest absolute Gasteiger partial charge is 0.306 e. The van der Waals surface area contributed by atoms with Crippen molar-refractivity contribution < 1.29 is 19.1 Å². The Morgan fingerprint density at radius 1 is 1.00 bits per heavy atom. The Morgan fingerprint density at radius 3 is 2.26 bits per heavy atom. The highest BCUT2D eigenvalue weighted by molar-refractivity contribution is 6.03. The molecular formula is C19H20O4. The molecule has 0 aliphatic heterocycles. The predicted molar refractivity (Wildman–Crippen MR) is 88.3 cm³/mol. The molecule has 1 unspecified atom stereocenters. The van der Waals surface area contributed by atoms with Gasteiger partial charge in [-0.3, -0.25) is 14.4 Å². The zero-order valence-electron chi connectivity index (χ0n) is 13.6. The van der Waals surface area contributed by atoms with Crippen LogP contribution in [-0.4, -0.2) is 24.6 Å². The van der Waals surface area contributed by atoms with E-state index in [0.717, 1.165) is 10.8 Å². The summed E-state index contributed by atoms with van der Waals surface area (Å²) in [5.74, 6) is -0.844. The molecular weight excluding hydrogens is 292 g/mol. The molecule has 0 aliphatic rings. The predicted octanol–water partition coefficient (Wildman–Crippen LogP) is 3.57. The maximum atomic E-state index is 12.6. The normalized spacial score (nSPS) is 13.3. The molecule has 0 fully saturated rings. The van der Waals surface area contributed by atoms with Crippen molar-refractivity contribution in [3.05, 3.63) is 48.0 Å². The SMILES string of the molecule is COC(=O)CC(C)(CC(=O)c1ccc2ccccc2c1)C(C)=O. The summed E-state index contributed by atoms with van der Waals surface area (Å²) >= 11 is 0. The number of hydrogen-bond acceptors (Lipinski definition) is 4. The number of fused-ring (bicyclic) bond motifs is 1. The fourth-order valence-electron chi connectivity index (χ4n) is 2.52. The van der Waals surface area contributed by atoms with Crippen molar-refractivity contribution in [2.45, 2.75) is 26.7 Å². The second kappa shape index (κ2) is 6.73. The summed E-state index contributed by atoms with van der Waals surface area (Å²) in [6.07, 6.45) is -0.117. The van der Waals surface area contributed by atoms with Crippen LogP contribution in [0.4, 0.5) is 0 Å². The third-order valence-corrected chi connectivity index (χ3v) is 4.23. The van der Waals surface area contributed by atoms with E-state index in [1.165, 1.54) is 14.0 Å². The van der Waals surface area contributed by atoms with Gasteiger partial charge < -0.3 is 4.74 Å². The Morgan fingerprint density at radius 2 is 1.65 bits per heavy atom. The first kappa shape index (κ1) is 16.9. The molecule has 0 bridgehead atoms. The second-order valence-corrected chi connectivity index (χ2v) is 6.03. The van der Waals surface area contributed by atoms with Crippen LogP contribution in [0.15, 0.2) is 42.5 Å². The van der Waals surface area contributed by atoms with Crippen LogP contribution in [0.2, 0.25) is 0 Å². The summed E-state index contributed by atoms with van der Waals surface area (Å²) in [7, 11) is 1.27. The molecule has 0 saturated carbocycles. The summed E-state index contributed by atoms with van der Waals surface area (Å²) in [6.45, 7) is 3.03. The molecule has 0 N–H and O–H groups in total. The van der Waals surface area contributed by atoms with Gasteiger partial charge in [0.15, 0.2) is 5.78 Å². The van der Waals surface area contributed by atoms with E-state index in [1.54, 1.807) is 13.0 Å². The number of ether oxygens (including phenoxy) is 1. The molecule has 23 heavy (non-hydrogen) atoms. The van der Waals surface area contributed by atoms with Crippen LogP contribution in [0, 0.1) is 5.41 Å². The van der Waals surface area contributed by atoms with E-state index in [4.69, 9.17) is 0 Å². The van der Waals surface area contributed by atoms with Gasteiger partial charge in [-0.25, -0.2) is 0 Å². The lowest BCUT2D eigenvalue weighted by atomic mass is 9.77. The Labute approximate surface area is 135 Å². The third kappa shape index (κ3) is 3.83. The molecule has 4 nitrogen and oxygen atoms in total. The Bertz CT molecular complexity index is 763. The zero-order valence-corrected chi connectivity index (χ0v) is 13.6. The number of carbonyl (C=O) groups excluding carboxylic acids is 3. The molecule has 4 heteroatoms. The van der Waals surface area contributed by atoms with E-state index in [1.807, 2.05) is 36.4 Å². The minimum absolute atomic E-state index is 0.0181. The topological polar surface area (TPSA) is 60.4 Å². The van der Waals surface area contributed by atoms with Crippen LogP contribution < -0.4 is 0 Å². The summed E-state index contributed by atoms with van der Waals surface area (Å²) in [6, 6.07) is 13.2. The van der Waals surface area contributed by atoms with Gasteiger partial charge in [-0.1, -0.05) is 43.3 Å². The number of hydrogen-bond donors (Lipinski definition) is 0. The van der Waals surface area contributed by atoms with Crippen molar-refractivity contribution >= 4 is 28.3 Å². The molecule has 0 spiro atoms. The number of esters is 1. The van der Waals surface area contributed by atoms with E-state index in [0.29, 0.717) is 5.56 Å². The van der Waals surface area contributed by atoms with E-state index in [2.05, 4.69) is 4.74 Å². The lowest BCUT2D eigenvalue weighted by Crippen LogP contribution is -2.32. The van der Waals surface area contributed by atoms with Crippen molar-refractivity contribution in [2.24, 2.45) is 5.41 Å². The van der Waals surface area contributed by atoms with Crippen molar-refractivity contribution in [1.29, 1.82) is 0 Å². The van der Waals surface area contributed by atoms with Gasteiger partial charge in [-0.2, -0.15) is 0 Å². The van der Waals surface area contributed by atoms with Gasteiger partial charge in [-0.15, -0.1) is 0 Å². The minimum Gasteiger partial charge on any atom is -0.469 e. The molecule has 0 amide bonds. The van der Waals surface area contributed by atoms with Crippen LogP contribution >= 0.6 is 0 Å². The quantitative estimate of drug-likeness (QED) is 0.604. The number of ketones is 2. The van der Waals surface area contributed by atoms with Crippen LogP contribution in [0.1, 0.15) is 37.0 Å². The second-order valence-electron chi connectivity index (χ2n) is 6.03. The van der Waals surface area contributed by atoms with Gasteiger partial charge in [0.05, 0.1) is 13.5 Å². The van der Waals surface area contributed by atoms with Gasteiger partial charge in [0, 0.05) is 17.4 Å². The fraction of sp³-hybridized carbons (Fsp3) is 0.316. The highest BCUT2D eigenvalue weighted by Crippen LogP contribution is 2.30. The molecule has 120 valence electrons. The summed E-state index contributed by atoms with van der Waals surface area (Å²) in [5, 5.41) is 2.02. The lowest BCUT2D eigenvalue weighted by molar-refractivity contribution is -0.146. The molecule has 0 aromatic heterocycles. The van der Waals surface area contributed by atoms with Crippen LogP contribution in [-0.2, 0) is 14.3 Å². The van der Waals surface area contributed by atoms with Crippen LogP contribution in [0.25, 0.3) is 10.8 Å². The standard InChI is InChI=1S/C19H20O4/c1-13(20)19(2,12-18(22)23-3)11-17(21)16-9-8-14-6-4-5-7-15(14)10-16/h4-10H,11-12H2,1-3H3. The summed E-state index contributed by atoms with van der Waals surface area (Å²) < 4.78 is 4.64. The van der Waals surface area contributed by atoms with Gasteiger partial charge >= 0.3 is 5.97 Å². The Kier molecular flexibility index (Phi) is 4.94. The average Bonchev–Trinajstić information content (AvgIpc) is 2.53. The summed E-state index contributed by atoms with van der Waals surface area (Å²) in [5.41, 5.74) is -0.503. The first-order valence-corrected chi connectivity index (χ1v) is 7.45. The van der Waals surface area contributed by atoms with Crippen molar-refractivity contribution in [3.8, 4) is 0 Å². The van der Waals surface area contributed by atoms with Gasteiger partial charge in [0.1, 0.15) is 5.78 Å². The molecule has 2 aromatic rings. The maximum Gasteiger partial charge on any atom is 0.306 e. The van der Waals surface area contributed by atoms with E-state index in [-0.39, 0.29) is 24.4 Å². The number of methoxy groups -OCH3 is 1. The molecule has 0 aliphatic carbocycles. The number of Topliss-reactive ketones (excluding diaryl/α,β-unsaturated/α-hetero) is 2. The monoisotopic (exact) mass is 312 g/mol. The van der Waals surface area contributed by atoms with Gasteiger partial charge in [-0.05, 0) is 23.8 Å². The van der Waals surface area contributed by atoms with E-state index >= 15 is 0 Å². The largest absolute Gasteiger partial charge is 0.469 e. The number of rotatable bonds is 6. The van der Waals surface area contributed by atoms with Crippen LogP contribution in [0.5, 0.6) is 0 Å². The molecule has 2 rings (SSSR count). The zero-order chi connectivity index (χ0) is 17.0. The highest BCUT2D eigenvalue weighted by Gasteiger charge is 2.35. The first-order chi connectivity index (χ1) is 10.9. The number of carbonyl (C=O) groups is 3. The van der Waals surface area contributed by atoms with Crippen LogP contribution in [0.3, 0.4) is 0 Å². The molecule has 0 saturated heterocycles. The molecule has 1 atom stereocenters. The van der Waals surface area contributed by atoms with Crippen molar-refractivity contribution in [3.63, 3.8) is 0 Å². The molecule has 0 radical (unpaired) electrons. The highest BCUT2D eigenvalue weighted by atomic mass is 16.5. The van der Waals surface area contributed by atoms with Crippen molar-refractivity contribution in [2.75, 3.05) is 7.11 Å².